The fraction of sp³-hybridized carbons (Fsp3) is 0.222. The second kappa shape index (κ2) is 12.1. The van der Waals surface area contributed by atoms with Gasteiger partial charge in [-0.15, -0.1) is 34.0 Å². The van der Waals surface area contributed by atoms with Gasteiger partial charge in [0.25, 0.3) is 5.00 Å². The molecule has 0 aliphatic carbocycles. The SMILES string of the molecule is [C-]#[N+]C(=Nc1cc(OC)c(-c2cc3c(s2)-c2cc4c(cc2C(C)(C)O3)-c2sc(-c3sc(N=C(C#N)C#N)cc3OC)cc2OC4(C)C)s1)[N+]#[C-]. The first-order chi connectivity index (χ1) is 23.9. The summed E-state index contributed by atoms with van der Waals surface area (Å²) in [5.74, 6) is 2.48. The van der Waals surface area contributed by atoms with Crippen molar-refractivity contribution in [3.8, 4) is 75.5 Å². The Bertz CT molecular complexity index is 2280. The van der Waals surface area contributed by atoms with E-state index in [4.69, 9.17) is 32.1 Å². The molecule has 0 saturated carbocycles. The fourth-order valence-corrected chi connectivity index (χ4v) is 10.4. The van der Waals surface area contributed by atoms with Crippen molar-refractivity contribution < 1.29 is 18.9 Å². The molecule has 0 spiro atoms. The summed E-state index contributed by atoms with van der Waals surface area (Å²) in [5, 5.41) is 19.4. The molecule has 246 valence electrons. The van der Waals surface area contributed by atoms with Gasteiger partial charge in [-0.3, -0.25) is 0 Å². The van der Waals surface area contributed by atoms with Crippen LogP contribution < -0.4 is 18.9 Å². The molecule has 14 heteroatoms. The van der Waals surface area contributed by atoms with Crippen LogP contribution in [-0.4, -0.2) is 25.9 Å². The summed E-state index contributed by atoms with van der Waals surface area (Å²) >= 11 is 5.88. The zero-order chi connectivity index (χ0) is 35.5. The third kappa shape index (κ3) is 5.40. The maximum absolute atomic E-state index is 9.21. The monoisotopic (exact) mass is 732 g/mol. The minimum absolute atomic E-state index is 0.221. The highest BCUT2D eigenvalue weighted by molar-refractivity contribution is 7.26. The number of nitriles is 2. The molecule has 0 atom stereocenters. The maximum Gasteiger partial charge on any atom is 0.635 e. The Hall–Kier alpha value is -5.48. The van der Waals surface area contributed by atoms with Gasteiger partial charge in [0, 0.05) is 45.4 Å². The highest BCUT2D eigenvalue weighted by Crippen LogP contribution is 2.59. The van der Waals surface area contributed by atoms with Gasteiger partial charge in [0.2, 0.25) is 5.71 Å². The average Bonchev–Trinajstić information content (AvgIpc) is 3.89. The quantitative estimate of drug-likeness (QED) is 0.0974. The maximum atomic E-state index is 9.21. The summed E-state index contributed by atoms with van der Waals surface area (Å²) in [6.07, 6.45) is 0. The summed E-state index contributed by atoms with van der Waals surface area (Å²) in [4.78, 5) is 20.3. The van der Waals surface area contributed by atoms with Gasteiger partial charge in [0.1, 0.15) is 51.3 Å². The lowest BCUT2D eigenvalue weighted by Gasteiger charge is -2.38. The lowest BCUT2D eigenvalue weighted by Crippen LogP contribution is -2.32. The molecule has 0 fully saturated rings. The smallest absolute Gasteiger partial charge is 0.495 e. The van der Waals surface area contributed by atoms with Gasteiger partial charge in [-0.2, -0.15) is 10.5 Å². The molecule has 50 heavy (non-hydrogen) atoms. The molecule has 5 aromatic rings. The van der Waals surface area contributed by atoms with Crippen molar-refractivity contribution in [3.05, 3.63) is 70.4 Å². The number of rotatable bonds is 6. The Morgan fingerprint density at radius 1 is 0.680 bits per heavy atom. The molecule has 4 aromatic heterocycles. The number of fused-ring (bicyclic) bond motifs is 6. The van der Waals surface area contributed by atoms with Gasteiger partial charge in [-0.05, 0) is 53.0 Å². The van der Waals surface area contributed by atoms with Gasteiger partial charge in [0.15, 0.2) is 0 Å². The van der Waals surface area contributed by atoms with Crippen molar-refractivity contribution in [2.75, 3.05) is 14.2 Å². The topological polar surface area (TPSA) is 118 Å². The summed E-state index contributed by atoms with van der Waals surface area (Å²) in [6, 6.07) is 15.6. The predicted octanol–water partition coefficient (Wildman–Crippen LogP) is 10.8. The van der Waals surface area contributed by atoms with Crippen molar-refractivity contribution in [2.24, 2.45) is 9.98 Å². The van der Waals surface area contributed by atoms with Crippen LogP contribution in [0.5, 0.6) is 23.0 Å². The standard InChI is InChI=1S/C36H24N6O4S4/c1-35(2)20-10-19-21(9-18(20)30-24(45-35)11-26(47-30)32-22(43-7)13-28(49-32)41-17(15-37)16-38)36(3,4)46-25-12-27(48-31(19)25)33-23(44-8)14-29(50-33)42-34(39-5)40-6/h9-14H,1-4,7-8H3. The number of benzene rings is 1. The van der Waals surface area contributed by atoms with E-state index in [0.717, 1.165) is 63.0 Å². The first-order valence-electron chi connectivity index (χ1n) is 14.9. The molecule has 7 rings (SSSR count). The van der Waals surface area contributed by atoms with E-state index < -0.39 is 11.2 Å². The molecule has 2 aliphatic heterocycles. The zero-order valence-corrected chi connectivity index (χ0v) is 30.7. The number of ether oxygens (including phenoxy) is 4. The van der Waals surface area contributed by atoms with Crippen LogP contribution in [-0.2, 0) is 11.2 Å². The molecule has 0 N–H and O–H groups in total. The molecule has 10 nitrogen and oxygen atoms in total. The number of hydrogen-bond acceptors (Lipinski definition) is 12. The molecule has 0 saturated heterocycles. The van der Waals surface area contributed by atoms with Crippen LogP contribution in [0.4, 0.5) is 10.0 Å². The highest BCUT2D eigenvalue weighted by atomic mass is 32.1. The van der Waals surface area contributed by atoms with Crippen LogP contribution >= 0.6 is 45.3 Å². The first kappa shape index (κ1) is 33.0. The van der Waals surface area contributed by atoms with Gasteiger partial charge >= 0.3 is 5.96 Å². The summed E-state index contributed by atoms with van der Waals surface area (Å²) in [5.41, 5.74) is 2.68. The number of guanidine groups is 1. The number of hydrogen-bond donors (Lipinski definition) is 0. The Kier molecular flexibility index (Phi) is 8.02. The van der Waals surface area contributed by atoms with Crippen LogP contribution in [0.1, 0.15) is 38.8 Å². The first-order valence-corrected chi connectivity index (χ1v) is 18.1. The van der Waals surface area contributed by atoms with Crippen LogP contribution in [0.25, 0.3) is 50.1 Å². The van der Waals surface area contributed by atoms with E-state index in [1.165, 1.54) is 22.7 Å². The molecular weight excluding hydrogens is 709 g/mol. The summed E-state index contributed by atoms with van der Waals surface area (Å²) in [6.45, 7) is 22.7. The second-order valence-electron chi connectivity index (χ2n) is 12.1. The minimum Gasteiger partial charge on any atom is -0.495 e. The number of methoxy groups -OCH3 is 2. The lowest BCUT2D eigenvalue weighted by atomic mass is 9.81. The Morgan fingerprint density at radius 2 is 1.12 bits per heavy atom. The highest BCUT2D eigenvalue weighted by Gasteiger charge is 2.41. The molecule has 0 unspecified atom stereocenters. The van der Waals surface area contributed by atoms with E-state index >= 15 is 0 Å². The molecule has 6 heterocycles. The third-order valence-corrected chi connectivity index (χ3v) is 12.9. The van der Waals surface area contributed by atoms with Crippen molar-refractivity contribution in [1.29, 1.82) is 10.5 Å². The van der Waals surface area contributed by atoms with Crippen molar-refractivity contribution >= 4 is 67.0 Å². The molecular formula is C36H24N6O4S4. The van der Waals surface area contributed by atoms with E-state index in [1.807, 2.05) is 24.3 Å². The molecule has 1 aromatic carbocycles. The molecule has 2 aliphatic rings. The van der Waals surface area contributed by atoms with E-state index in [1.54, 1.807) is 49.0 Å². The van der Waals surface area contributed by atoms with Gasteiger partial charge in [-0.25, -0.2) is 14.7 Å². The zero-order valence-electron chi connectivity index (χ0n) is 27.4. The molecule has 0 bridgehead atoms. The molecule has 0 amide bonds. The third-order valence-electron chi connectivity index (χ3n) is 8.17. The van der Waals surface area contributed by atoms with Gasteiger partial charge in [0.05, 0.1) is 49.5 Å². The van der Waals surface area contributed by atoms with Gasteiger partial charge < -0.3 is 18.9 Å². The van der Waals surface area contributed by atoms with Crippen LogP contribution in [0.2, 0.25) is 0 Å². The van der Waals surface area contributed by atoms with Crippen molar-refractivity contribution in [1.82, 2.24) is 0 Å². The van der Waals surface area contributed by atoms with E-state index in [2.05, 4.69) is 59.5 Å². The Morgan fingerprint density at radius 3 is 1.52 bits per heavy atom. The van der Waals surface area contributed by atoms with Crippen LogP contribution in [0.3, 0.4) is 0 Å². The van der Waals surface area contributed by atoms with Crippen LogP contribution in [0.15, 0.2) is 46.4 Å². The van der Waals surface area contributed by atoms with E-state index in [0.29, 0.717) is 21.5 Å². The van der Waals surface area contributed by atoms with E-state index in [9.17, 15) is 10.5 Å². The lowest BCUT2D eigenvalue weighted by molar-refractivity contribution is 0.102. The fourth-order valence-electron chi connectivity index (χ4n) is 5.97. The summed E-state index contributed by atoms with van der Waals surface area (Å²) < 4.78 is 24.7. The van der Waals surface area contributed by atoms with Crippen LogP contribution in [0, 0.1) is 35.8 Å². The van der Waals surface area contributed by atoms with Gasteiger partial charge in [-0.1, -0.05) is 11.3 Å². The number of nitrogens with zero attached hydrogens (tertiary/aromatic N) is 6. The normalized spacial score (nSPS) is 14.0. The Labute approximate surface area is 304 Å². The number of aliphatic imine (C=N–C) groups is 2. The second-order valence-corrected chi connectivity index (χ2v) is 16.2. The predicted molar refractivity (Wildman–Crippen MR) is 199 cm³/mol. The van der Waals surface area contributed by atoms with E-state index in [-0.39, 0.29) is 11.7 Å². The Balaban J connectivity index is 1.35. The average molecular weight is 733 g/mol. The number of thiophene rings is 4. The van der Waals surface area contributed by atoms with Crippen molar-refractivity contribution in [2.45, 2.75) is 38.9 Å². The molecule has 0 radical (unpaired) electrons. The largest absolute Gasteiger partial charge is 0.635 e. The van der Waals surface area contributed by atoms with Crippen molar-refractivity contribution in [3.63, 3.8) is 0 Å². The minimum atomic E-state index is -0.657. The summed E-state index contributed by atoms with van der Waals surface area (Å²) in [7, 11) is 3.17.